The van der Waals surface area contributed by atoms with Gasteiger partial charge in [-0.05, 0) is 111 Å². The fourth-order valence-corrected chi connectivity index (χ4v) is 11.4. The Morgan fingerprint density at radius 3 is 1.68 bits per heavy atom. The van der Waals surface area contributed by atoms with Crippen molar-refractivity contribution in [1.29, 1.82) is 0 Å². The Hall–Kier alpha value is -5.68. The molecule has 0 spiro atoms. The number of rotatable bonds is 9. The largest absolute Gasteiger partial charge is 0.496 e. The van der Waals surface area contributed by atoms with E-state index in [0.29, 0.717) is 11.8 Å². The summed E-state index contributed by atoms with van der Waals surface area (Å²) < 4.78 is 5.72. The minimum Gasteiger partial charge on any atom is -0.496 e. The first kappa shape index (κ1) is 38.8. The van der Waals surface area contributed by atoms with Gasteiger partial charge in [-0.25, -0.2) is 15.0 Å². The van der Waals surface area contributed by atoms with Gasteiger partial charge in [-0.3, -0.25) is 4.98 Å². The second-order valence-electron chi connectivity index (χ2n) is 15.0. The first-order chi connectivity index (χ1) is 29.0. The maximum absolute atomic E-state index is 5.72. The van der Waals surface area contributed by atoms with Crippen LogP contribution in [0.3, 0.4) is 0 Å². The molecule has 0 amide bonds. The first-order valence-electron chi connectivity index (χ1n) is 20.2. The Morgan fingerprint density at radius 2 is 1.14 bits per heavy atom. The molecule has 0 bridgehead atoms. The molecule has 0 fully saturated rings. The summed E-state index contributed by atoms with van der Waals surface area (Å²) in [7, 11) is 1.72. The van der Waals surface area contributed by atoms with E-state index in [0.717, 1.165) is 67.8 Å². The summed E-state index contributed by atoms with van der Waals surface area (Å²) in [4.78, 5) is 22.6. The topological polar surface area (TPSA) is 84.9 Å². The van der Waals surface area contributed by atoms with E-state index in [4.69, 9.17) is 14.7 Å². The number of aromatic nitrogens is 4. The number of aryl methyl sites for hydroxylation is 4. The van der Waals surface area contributed by atoms with Gasteiger partial charge in [0.15, 0.2) is 10.3 Å². The summed E-state index contributed by atoms with van der Waals surface area (Å²) in [5.74, 6) is 1.66. The number of fused-ring (bicyclic) bond motifs is 2. The van der Waals surface area contributed by atoms with Crippen molar-refractivity contribution >= 4 is 55.6 Å². The molecule has 0 saturated carbocycles. The number of hydrogen-bond donors (Lipinski definition) is 2. The quantitative estimate of drug-likeness (QED) is 0.150. The monoisotopic (exact) mass is 830 g/mol. The van der Waals surface area contributed by atoms with Gasteiger partial charge in [0.1, 0.15) is 5.75 Å². The minimum atomic E-state index is 0.395. The van der Waals surface area contributed by atoms with Crippen molar-refractivity contribution in [2.45, 2.75) is 64.2 Å². The molecule has 59 heavy (non-hydrogen) atoms. The van der Waals surface area contributed by atoms with Gasteiger partial charge in [-0.15, -0.1) is 34.0 Å². The van der Waals surface area contributed by atoms with Gasteiger partial charge in [0.05, 0.1) is 34.1 Å². The molecule has 10 rings (SSSR count). The third-order valence-corrected chi connectivity index (χ3v) is 14.3. The fraction of sp³-hybridized carbons (Fsp3) is 0.224. The molecule has 10 heteroatoms. The van der Waals surface area contributed by atoms with Gasteiger partial charge in [0.2, 0.25) is 0 Å². The second kappa shape index (κ2) is 17.7. The van der Waals surface area contributed by atoms with Gasteiger partial charge in [0, 0.05) is 57.0 Å². The molecule has 2 aliphatic carbocycles. The van der Waals surface area contributed by atoms with Crippen molar-refractivity contribution < 1.29 is 4.74 Å². The molecule has 2 N–H and O–H groups in total. The van der Waals surface area contributed by atoms with Crippen LogP contribution in [0.25, 0.3) is 21.6 Å². The van der Waals surface area contributed by atoms with Gasteiger partial charge >= 0.3 is 0 Å². The molecular weight excluding hydrogens is 785 g/mol. The van der Waals surface area contributed by atoms with Crippen LogP contribution in [0.1, 0.15) is 80.5 Å². The Balaban J connectivity index is 0.000000153. The molecule has 296 valence electrons. The van der Waals surface area contributed by atoms with Crippen LogP contribution in [0.5, 0.6) is 5.75 Å². The summed E-state index contributed by atoms with van der Waals surface area (Å²) in [6.45, 7) is 4.09. The highest BCUT2D eigenvalue weighted by Crippen LogP contribution is 2.43. The zero-order valence-electron chi connectivity index (χ0n) is 33.4. The lowest BCUT2D eigenvalue weighted by Crippen LogP contribution is -2.09. The van der Waals surface area contributed by atoms with Crippen LogP contribution in [-0.2, 0) is 12.8 Å². The second-order valence-corrected chi connectivity index (χ2v) is 18.4. The van der Waals surface area contributed by atoms with Crippen LogP contribution in [0.15, 0.2) is 128 Å². The normalized spacial score (nSPS) is 15.6. The molecule has 4 aromatic carbocycles. The highest BCUT2D eigenvalue weighted by Gasteiger charge is 2.27. The molecule has 2 aliphatic rings. The Labute approximate surface area is 358 Å². The first-order valence-corrected chi connectivity index (χ1v) is 22.7. The lowest BCUT2D eigenvalue weighted by Gasteiger charge is -2.21. The van der Waals surface area contributed by atoms with E-state index < -0.39 is 0 Å². The van der Waals surface area contributed by atoms with Crippen molar-refractivity contribution in [3.8, 4) is 27.3 Å². The SMILES string of the molecule is COc1cc(Nc2nc3c(s2)CCCC3c2ccccc2)ccc1-c1sc(C)nc1C.c1ccc(C2CCCc3sc(Nc4ccc(-c5ccncc5)cc4)nc32)cc1. The number of nitrogens with one attached hydrogen (secondary N) is 2. The molecule has 4 aromatic heterocycles. The van der Waals surface area contributed by atoms with E-state index in [2.05, 4.69) is 124 Å². The van der Waals surface area contributed by atoms with Crippen LogP contribution in [0, 0.1) is 13.8 Å². The molecule has 2 atom stereocenters. The van der Waals surface area contributed by atoms with E-state index >= 15 is 0 Å². The fourth-order valence-electron chi connectivity index (χ4n) is 8.24. The predicted molar refractivity (Wildman–Crippen MR) is 246 cm³/mol. The van der Waals surface area contributed by atoms with Crippen LogP contribution in [-0.4, -0.2) is 27.0 Å². The Kier molecular flexibility index (Phi) is 11.6. The van der Waals surface area contributed by atoms with Gasteiger partial charge in [0.25, 0.3) is 0 Å². The van der Waals surface area contributed by atoms with Crippen LogP contribution in [0.2, 0.25) is 0 Å². The molecule has 0 saturated heterocycles. The number of thiazole rings is 3. The summed E-state index contributed by atoms with van der Waals surface area (Å²) in [5.41, 5.74) is 11.8. The molecule has 7 nitrogen and oxygen atoms in total. The standard InChI is InChI=1S/C25H25N3OS2.C24H21N3S/c1-15-24(30-16(2)26-15)20-13-12-18(14-21(20)29-3)27-25-28-23-19(10-7-11-22(23)31-25)17-8-5-4-6-9-17;1-2-5-19(6-3-1)21-7-4-8-22-23(21)27-24(28-22)26-20-11-9-17(10-12-20)18-13-15-25-16-14-18/h4-6,8-9,12-14,19H,7,10-11H2,1-3H3,(H,27,28);1-3,5-6,9-16,21H,4,7-8H2,(H,26,27). The average molecular weight is 831 g/mol. The number of pyridine rings is 1. The molecular formula is C49H46N6OS3. The molecule has 2 unspecified atom stereocenters. The third kappa shape index (κ3) is 8.71. The smallest absolute Gasteiger partial charge is 0.187 e. The molecule has 8 aromatic rings. The maximum Gasteiger partial charge on any atom is 0.187 e. The zero-order valence-corrected chi connectivity index (χ0v) is 35.9. The van der Waals surface area contributed by atoms with Gasteiger partial charge < -0.3 is 15.4 Å². The summed E-state index contributed by atoms with van der Waals surface area (Å²) in [6, 6.07) is 40.4. The average Bonchev–Trinajstić information content (AvgIpc) is 4.00. The lowest BCUT2D eigenvalue weighted by molar-refractivity contribution is 0.416. The maximum atomic E-state index is 5.72. The summed E-state index contributed by atoms with van der Waals surface area (Å²) in [6.07, 6.45) is 10.7. The Morgan fingerprint density at radius 1 is 0.593 bits per heavy atom. The highest BCUT2D eigenvalue weighted by molar-refractivity contribution is 7.16. The number of anilines is 4. The number of nitrogens with zero attached hydrogens (tertiary/aromatic N) is 4. The van der Waals surface area contributed by atoms with Crippen molar-refractivity contribution in [3.63, 3.8) is 0 Å². The van der Waals surface area contributed by atoms with E-state index in [1.54, 1.807) is 41.1 Å². The number of hydrogen-bond acceptors (Lipinski definition) is 10. The van der Waals surface area contributed by atoms with Crippen LogP contribution in [0.4, 0.5) is 21.6 Å². The number of benzene rings is 4. The molecule has 0 aliphatic heterocycles. The van der Waals surface area contributed by atoms with Crippen molar-refractivity contribution in [2.75, 3.05) is 17.7 Å². The predicted octanol–water partition coefficient (Wildman–Crippen LogP) is 13.5. The van der Waals surface area contributed by atoms with E-state index in [9.17, 15) is 0 Å². The highest BCUT2D eigenvalue weighted by atomic mass is 32.1. The minimum absolute atomic E-state index is 0.395. The van der Waals surface area contributed by atoms with Crippen molar-refractivity contribution in [3.05, 3.63) is 171 Å². The summed E-state index contributed by atoms with van der Waals surface area (Å²) >= 11 is 5.28. The van der Waals surface area contributed by atoms with Gasteiger partial charge in [-0.1, -0.05) is 72.8 Å². The number of ether oxygens (including phenoxy) is 1. The van der Waals surface area contributed by atoms with E-state index in [1.165, 1.54) is 62.7 Å². The van der Waals surface area contributed by atoms with E-state index in [1.807, 2.05) is 38.4 Å². The Bertz CT molecular complexity index is 2640. The van der Waals surface area contributed by atoms with Crippen LogP contribution < -0.4 is 15.4 Å². The third-order valence-electron chi connectivity index (χ3n) is 11.1. The van der Waals surface area contributed by atoms with Crippen molar-refractivity contribution in [1.82, 2.24) is 19.9 Å². The summed E-state index contributed by atoms with van der Waals surface area (Å²) in [5, 5.41) is 10.0. The zero-order chi connectivity index (χ0) is 40.1. The van der Waals surface area contributed by atoms with E-state index in [-0.39, 0.29) is 0 Å². The number of methoxy groups -OCH3 is 1. The van der Waals surface area contributed by atoms with Crippen molar-refractivity contribution in [2.24, 2.45) is 0 Å². The molecule has 4 heterocycles. The molecule has 0 radical (unpaired) electrons. The lowest BCUT2D eigenvalue weighted by atomic mass is 9.85. The van der Waals surface area contributed by atoms with Crippen LogP contribution >= 0.6 is 34.0 Å². The van der Waals surface area contributed by atoms with Gasteiger partial charge in [-0.2, -0.15) is 0 Å².